The molecule has 0 unspecified atom stereocenters. The van der Waals surface area contributed by atoms with Crippen LogP contribution in [-0.4, -0.2) is 30.5 Å². The molecule has 0 spiro atoms. The molecule has 120 valence electrons. The number of amides is 2. The fourth-order valence-electron chi connectivity index (χ4n) is 1.84. The molecule has 0 saturated carbocycles. The summed E-state index contributed by atoms with van der Waals surface area (Å²) in [4.78, 5) is 27.8. The maximum Gasteiger partial charge on any atom is 0.252 e. The first-order valence-electron chi connectivity index (χ1n) is 6.88. The van der Waals surface area contributed by atoms with Crippen LogP contribution >= 0.6 is 15.9 Å². The minimum atomic E-state index is -0.307. The van der Waals surface area contributed by atoms with Gasteiger partial charge in [0.1, 0.15) is 0 Å². The Hall–Kier alpha value is -2.41. The van der Waals surface area contributed by atoms with Gasteiger partial charge in [0.15, 0.2) is 0 Å². The van der Waals surface area contributed by atoms with Crippen molar-refractivity contribution in [2.45, 2.75) is 6.54 Å². The highest BCUT2D eigenvalue weighted by Crippen LogP contribution is 2.15. The van der Waals surface area contributed by atoms with Gasteiger partial charge in [-0.25, -0.2) is 4.98 Å². The zero-order valence-corrected chi connectivity index (χ0v) is 14.1. The number of nitrogens with zero attached hydrogens (tertiary/aromatic N) is 1. The summed E-state index contributed by atoms with van der Waals surface area (Å²) in [6, 6.07) is 10.5. The van der Waals surface area contributed by atoms with Crippen molar-refractivity contribution in [3.63, 3.8) is 0 Å². The van der Waals surface area contributed by atoms with E-state index in [1.165, 1.54) is 7.11 Å². The number of carbonyl (C=O) groups is 2. The van der Waals surface area contributed by atoms with Gasteiger partial charge in [0.25, 0.3) is 5.91 Å². The first-order chi connectivity index (χ1) is 11.1. The summed E-state index contributed by atoms with van der Waals surface area (Å²) in [5.41, 5.74) is 1.35. The highest BCUT2D eigenvalue weighted by Gasteiger charge is 2.10. The van der Waals surface area contributed by atoms with E-state index in [2.05, 4.69) is 31.5 Å². The molecule has 2 N–H and O–H groups in total. The summed E-state index contributed by atoms with van der Waals surface area (Å²) < 4.78 is 5.70. The standard InChI is InChI=1S/C16H16BrN3O3/c1-23-15-8-11(6-7-18-15)9-19-14(21)10-20-16(22)12-4-2-3-5-13(12)17/h2-8H,9-10H2,1H3,(H,19,21)(H,20,22). The van der Waals surface area contributed by atoms with Gasteiger partial charge < -0.3 is 15.4 Å². The van der Waals surface area contributed by atoms with E-state index in [0.29, 0.717) is 22.5 Å². The monoisotopic (exact) mass is 377 g/mol. The van der Waals surface area contributed by atoms with E-state index >= 15 is 0 Å². The lowest BCUT2D eigenvalue weighted by Gasteiger charge is -2.08. The fraction of sp³-hybridized carbons (Fsp3) is 0.188. The molecule has 0 atom stereocenters. The number of ether oxygens (including phenoxy) is 1. The second-order valence-corrected chi connectivity index (χ2v) is 5.50. The van der Waals surface area contributed by atoms with Crippen LogP contribution in [0.5, 0.6) is 5.88 Å². The zero-order chi connectivity index (χ0) is 16.7. The van der Waals surface area contributed by atoms with Gasteiger partial charge in [-0.2, -0.15) is 0 Å². The van der Waals surface area contributed by atoms with Crippen LogP contribution in [0.2, 0.25) is 0 Å². The summed E-state index contributed by atoms with van der Waals surface area (Å²) in [7, 11) is 1.53. The SMILES string of the molecule is COc1cc(CNC(=O)CNC(=O)c2ccccc2Br)ccn1. The number of benzene rings is 1. The zero-order valence-electron chi connectivity index (χ0n) is 12.5. The molecule has 0 fully saturated rings. The van der Waals surface area contributed by atoms with Crippen LogP contribution < -0.4 is 15.4 Å². The lowest BCUT2D eigenvalue weighted by molar-refractivity contribution is -0.120. The Balaban J connectivity index is 1.81. The predicted molar refractivity (Wildman–Crippen MR) is 89.1 cm³/mol. The van der Waals surface area contributed by atoms with E-state index in [4.69, 9.17) is 4.74 Å². The minimum Gasteiger partial charge on any atom is -0.481 e. The summed E-state index contributed by atoms with van der Waals surface area (Å²) in [6.07, 6.45) is 1.61. The number of aromatic nitrogens is 1. The number of halogens is 1. The van der Waals surface area contributed by atoms with E-state index in [1.807, 2.05) is 6.07 Å². The molecule has 0 saturated heterocycles. The van der Waals surface area contributed by atoms with E-state index in [-0.39, 0.29) is 18.4 Å². The van der Waals surface area contributed by atoms with E-state index in [0.717, 1.165) is 5.56 Å². The molecule has 2 rings (SSSR count). The normalized spacial score (nSPS) is 10.0. The lowest BCUT2D eigenvalue weighted by atomic mass is 10.2. The van der Waals surface area contributed by atoms with Crippen LogP contribution in [-0.2, 0) is 11.3 Å². The van der Waals surface area contributed by atoms with Crippen LogP contribution in [0, 0.1) is 0 Å². The molecule has 2 aromatic rings. The summed E-state index contributed by atoms with van der Waals surface area (Å²) in [5.74, 6) is -0.0987. The third kappa shape index (κ3) is 5.07. The van der Waals surface area contributed by atoms with Gasteiger partial charge in [0.2, 0.25) is 11.8 Å². The first-order valence-corrected chi connectivity index (χ1v) is 7.68. The van der Waals surface area contributed by atoms with Gasteiger partial charge in [-0.1, -0.05) is 12.1 Å². The van der Waals surface area contributed by atoms with Gasteiger partial charge in [0.05, 0.1) is 19.2 Å². The van der Waals surface area contributed by atoms with Gasteiger partial charge in [-0.05, 0) is 39.7 Å². The number of hydrogen-bond donors (Lipinski definition) is 2. The molecule has 1 heterocycles. The Labute approximate surface area is 142 Å². The van der Waals surface area contributed by atoms with Gasteiger partial charge in [0, 0.05) is 23.3 Å². The molecule has 7 heteroatoms. The molecular weight excluding hydrogens is 362 g/mol. The molecule has 1 aromatic carbocycles. The maximum absolute atomic E-state index is 12.0. The molecule has 0 radical (unpaired) electrons. The number of hydrogen-bond acceptors (Lipinski definition) is 4. The third-order valence-corrected chi connectivity index (χ3v) is 3.72. The summed E-state index contributed by atoms with van der Waals surface area (Å²) in [5, 5.41) is 5.30. The fourth-order valence-corrected chi connectivity index (χ4v) is 2.30. The molecular formula is C16H16BrN3O3. The van der Waals surface area contributed by atoms with E-state index < -0.39 is 0 Å². The molecule has 0 aliphatic rings. The molecule has 0 aliphatic carbocycles. The lowest BCUT2D eigenvalue weighted by Crippen LogP contribution is -2.36. The number of carbonyl (C=O) groups excluding carboxylic acids is 2. The van der Waals surface area contributed by atoms with E-state index in [9.17, 15) is 9.59 Å². The summed E-state index contributed by atoms with van der Waals surface area (Å²) in [6.45, 7) is 0.241. The van der Waals surface area contributed by atoms with Crippen molar-refractivity contribution < 1.29 is 14.3 Å². The molecule has 1 aromatic heterocycles. The third-order valence-electron chi connectivity index (χ3n) is 3.03. The number of pyridine rings is 1. The quantitative estimate of drug-likeness (QED) is 0.805. The molecule has 2 amide bonds. The molecule has 0 aliphatic heterocycles. The van der Waals surface area contributed by atoms with Crippen molar-refractivity contribution in [3.8, 4) is 5.88 Å². The number of nitrogens with one attached hydrogen (secondary N) is 2. The predicted octanol–water partition coefficient (Wildman–Crippen LogP) is 1.90. The molecule has 23 heavy (non-hydrogen) atoms. The van der Waals surface area contributed by atoms with Crippen molar-refractivity contribution >= 4 is 27.7 Å². The van der Waals surface area contributed by atoms with Gasteiger partial charge in [-0.3, -0.25) is 9.59 Å². The van der Waals surface area contributed by atoms with Crippen LogP contribution in [0.4, 0.5) is 0 Å². The highest BCUT2D eigenvalue weighted by atomic mass is 79.9. The minimum absolute atomic E-state index is 0.0949. The van der Waals surface area contributed by atoms with Gasteiger partial charge >= 0.3 is 0 Å². The smallest absolute Gasteiger partial charge is 0.252 e. The van der Waals surface area contributed by atoms with Crippen molar-refractivity contribution in [1.82, 2.24) is 15.6 Å². The Morgan fingerprint density at radius 3 is 2.74 bits per heavy atom. The van der Waals surface area contributed by atoms with Crippen LogP contribution in [0.15, 0.2) is 47.1 Å². The highest BCUT2D eigenvalue weighted by molar-refractivity contribution is 9.10. The molecule has 0 bridgehead atoms. The number of rotatable bonds is 6. The average molecular weight is 378 g/mol. The first kappa shape index (κ1) is 17.0. The van der Waals surface area contributed by atoms with E-state index in [1.54, 1.807) is 36.5 Å². The van der Waals surface area contributed by atoms with Crippen LogP contribution in [0.1, 0.15) is 15.9 Å². The largest absolute Gasteiger partial charge is 0.481 e. The Morgan fingerprint density at radius 2 is 2.00 bits per heavy atom. The average Bonchev–Trinajstić information content (AvgIpc) is 2.58. The second-order valence-electron chi connectivity index (χ2n) is 4.65. The molecule has 6 nitrogen and oxygen atoms in total. The second kappa shape index (κ2) is 8.28. The topological polar surface area (TPSA) is 80.3 Å². The maximum atomic E-state index is 12.0. The van der Waals surface area contributed by atoms with Crippen molar-refractivity contribution in [1.29, 1.82) is 0 Å². The Bertz CT molecular complexity index is 706. The van der Waals surface area contributed by atoms with Crippen LogP contribution in [0.3, 0.4) is 0 Å². The van der Waals surface area contributed by atoms with Gasteiger partial charge in [-0.15, -0.1) is 0 Å². The van der Waals surface area contributed by atoms with Crippen molar-refractivity contribution in [2.75, 3.05) is 13.7 Å². The van der Waals surface area contributed by atoms with Crippen molar-refractivity contribution in [2.24, 2.45) is 0 Å². The summed E-state index contributed by atoms with van der Waals surface area (Å²) >= 11 is 3.30. The Kier molecular flexibility index (Phi) is 6.10. The van der Waals surface area contributed by atoms with Crippen molar-refractivity contribution in [3.05, 3.63) is 58.2 Å². The Morgan fingerprint density at radius 1 is 1.22 bits per heavy atom. The van der Waals surface area contributed by atoms with Crippen LogP contribution in [0.25, 0.3) is 0 Å². The number of methoxy groups -OCH3 is 1.